The van der Waals surface area contributed by atoms with Gasteiger partial charge < -0.3 is 9.64 Å². The summed E-state index contributed by atoms with van der Waals surface area (Å²) >= 11 is 8.08. The van der Waals surface area contributed by atoms with Crippen LogP contribution >= 0.6 is 34.2 Å². The van der Waals surface area contributed by atoms with Crippen molar-refractivity contribution in [2.45, 2.75) is 13.8 Å². The van der Waals surface area contributed by atoms with E-state index in [1.807, 2.05) is 12.1 Å². The van der Waals surface area contributed by atoms with Gasteiger partial charge in [-0.15, -0.1) is 0 Å². The quantitative estimate of drug-likeness (QED) is 0.580. The molecule has 5 heteroatoms. The zero-order valence-corrected chi connectivity index (χ0v) is 12.5. The average Bonchev–Trinajstić information content (AvgIpc) is 2.27. The van der Waals surface area contributed by atoms with E-state index in [9.17, 15) is 0 Å². The molecule has 0 atom stereocenters. The molecule has 1 aromatic heterocycles. The minimum atomic E-state index is 0.437. The van der Waals surface area contributed by atoms with Gasteiger partial charge in [-0.25, -0.2) is 4.98 Å². The third-order valence-electron chi connectivity index (χ3n) is 2.34. The third kappa shape index (κ3) is 4.43. The molecule has 0 aliphatic carbocycles. The number of likely N-dealkylation sites (N-methyl/N-ethyl adjacent to an activating group) is 1. The van der Waals surface area contributed by atoms with Crippen LogP contribution in [0, 0.1) is 3.70 Å². The van der Waals surface area contributed by atoms with Gasteiger partial charge in [0.1, 0.15) is 10.3 Å². The SMILES string of the molecule is CCN(CC)CCOc1ccc(I)nc1Cl. The highest BCUT2D eigenvalue weighted by Crippen LogP contribution is 2.22. The van der Waals surface area contributed by atoms with Crippen LogP contribution in [0.5, 0.6) is 5.75 Å². The van der Waals surface area contributed by atoms with Gasteiger partial charge in [0.2, 0.25) is 0 Å². The Balaban J connectivity index is 2.42. The lowest BCUT2D eigenvalue weighted by Crippen LogP contribution is -2.27. The Morgan fingerprint density at radius 2 is 2.06 bits per heavy atom. The number of nitrogens with zero attached hydrogens (tertiary/aromatic N) is 2. The van der Waals surface area contributed by atoms with Gasteiger partial charge in [-0.1, -0.05) is 25.4 Å². The van der Waals surface area contributed by atoms with Gasteiger partial charge >= 0.3 is 0 Å². The maximum Gasteiger partial charge on any atom is 0.172 e. The van der Waals surface area contributed by atoms with E-state index < -0.39 is 0 Å². The molecule has 1 heterocycles. The van der Waals surface area contributed by atoms with E-state index in [1.54, 1.807) is 0 Å². The first-order chi connectivity index (χ1) is 7.67. The number of aromatic nitrogens is 1. The minimum absolute atomic E-state index is 0.437. The topological polar surface area (TPSA) is 25.4 Å². The van der Waals surface area contributed by atoms with Crippen molar-refractivity contribution in [3.63, 3.8) is 0 Å². The molecule has 0 unspecified atom stereocenters. The van der Waals surface area contributed by atoms with Crippen LogP contribution < -0.4 is 4.74 Å². The van der Waals surface area contributed by atoms with Crippen molar-refractivity contribution in [2.24, 2.45) is 0 Å². The van der Waals surface area contributed by atoms with Crippen LogP contribution in [0.15, 0.2) is 12.1 Å². The van der Waals surface area contributed by atoms with Crippen LogP contribution in [0.2, 0.25) is 5.15 Å². The molecule has 0 spiro atoms. The first kappa shape index (κ1) is 14.0. The maximum absolute atomic E-state index is 5.96. The molecular weight excluding hydrogens is 338 g/mol. The largest absolute Gasteiger partial charge is 0.489 e. The summed E-state index contributed by atoms with van der Waals surface area (Å²) in [7, 11) is 0. The number of rotatable bonds is 6. The van der Waals surface area contributed by atoms with Crippen LogP contribution in [-0.2, 0) is 0 Å². The lowest BCUT2D eigenvalue weighted by atomic mass is 10.4. The van der Waals surface area contributed by atoms with E-state index in [4.69, 9.17) is 16.3 Å². The van der Waals surface area contributed by atoms with Crippen LogP contribution in [0.1, 0.15) is 13.8 Å². The number of halogens is 2. The molecule has 0 radical (unpaired) electrons. The lowest BCUT2D eigenvalue weighted by Gasteiger charge is -2.18. The summed E-state index contributed by atoms with van der Waals surface area (Å²) in [5, 5.41) is 0.437. The zero-order chi connectivity index (χ0) is 12.0. The molecule has 0 saturated heterocycles. The summed E-state index contributed by atoms with van der Waals surface area (Å²) in [5.41, 5.74) is 0. The Morgan fingerprint density at radius 1 is 1.38 bits per heavy atom. The first-order valence-electron chi connectivity index (χ1n) is 5.34. The molecule has 1 rings (SSSR count). The Kier molecular flexibility index (Phi) is 6.38. The summed E-state index contributed by atoms with van der Waals surface area (Å²) in [5.74, 6) is 0.661. The first-order valence-corrected chi connectivity index (χ1v) is 6.80. The van der Waals surface area contributed by atoms with Gasteiger partial charge in [-0.05, 0) is 47.8 Å². The van der Waals surface area contributed by atoms with E-state index in [2.05, 4.69) is 46.3 Å². The molecular formula is C11H16ClIN2O. The second kappa shape index (κ2) is 7.29. The number of ether oxygens (including phenoxy) is 1. The van der Waals surface area contributed by atoms with Crippen molar-refractivity contribution in [2.75, 3.05) is 26.2 Å². The monoisotopic (exact) mass is 354 g/mol. The fraction of sp³-hybridized carbons (Fsp3) is 0.545. The molecule has 16 heavy (non-hydrogen) atoms. The predicted octanol–water partition coefficient (Wildman–Crippen LogP) is 3.06. The van der Waals surface area contributed by atoms with Gasteiger partial charge in [-0.2, -0.15) is 0 Å². The Hall–Kier alpha value is -0.0700. The smallest absolute Gasteiger partial charge is 0.172 e. The second-order valence-corrected chi connectivity index (χ2v) is 4.76. The molecule has 0 aliphatic rings. The zero-order valence-electron chi connectivity index (χ0n) is 9.54. The molecule has 0 saturated carbocycles. The summed E-state index contributed by atoms with van der Waals surface area (Å²) in [6.07, 6.45) is 0. The third-order valence-corrected chi connectivity index (χ3v) is 3.21. The Morgan fingerprint density at radius 3 is 2.62 bits per heavy atom. The van der Waals surface area contributed by atoms with Crippen molar-refractivity contribution in [3.05, 3.63) is 21.0 Å². The van der Waals surface area contributed by atoms with Crippen molar-refractivity contribution in [1.29, 1.82) is 0 Å². The van der Waals surface area contributed by atoms with Crippen molar-refractivity contribution in [1.82, 2.24) is 9.88 Å². The van der Waals surface area contributed by atoms with Crippen molar-refractivity contribution < 1.29 is 4.74 Å². The summed E-state index contributed by atoms with van der Waals surface area (Å²) in [6.45, 7) is 7.92. The standard InChI is InChI=1S/C11H16ClIN2O/c1-3-15(4-2)7-8-16-9-5-6-10(13)14-11(9)12/h5-6H,3-4,7-8H2,1-2H3. The predicted molar refractivity (Wildman–Crippen MR) is 75.2 cm³/mol. The van der Waals surface area contributed by atoms with E-state index in [0.29, 0.717) is 17.5 Å². The summed E-state index contributed by atoms with van der Waals surface area (Å²) in [4.78, 5) is 6.42. The normalized spacial score (nSPS) is 10.8. The fourth-order valence-electron chi connectivity index (χ4n) is 1.33. The fourth-order valence-corrected chi connectivity index (χ4v) is 2.10. The highest BCUT2D eigenvalue weighted by Gasteiger charge is 2.04. The van der Waals surface area contributed by atoms with Crippen LogP contribution in [0.4, 0.5) is 0 Å². The highest BCUT2D eigenvalue weighted by atomic mass is 127. The molecule has 0 bridgehead atoms. The molecule has 0 aromatic carbocycles. The van der Waals surface area contributed by atoms with Gasteiger partial charge in [-0.3, -0.25) is 0 Å². The lowest BCUT2D eigenvalue weighted by molar-refractivity contribution is 0.222. The molecule has 0 fully saturated rings. The van der Waals surface area contributed by atoms with E-state index in [0.717, 1.165) is 23.3 Å². The molecule has 0 amide bonds. The van der Waals surface area contributed by atoms with Gasteiger partial charge in [0.25, 0.3) is 0 Å². The average molecular weight is 355 g/mol. The van der Waals surface area contributed by atoms with Crippen molar-refractivity contribution >= 4 is 34.2 Å². The molecule has 90 valence electrons. The molecule has 1 aromatic rings. The molecule has 0 N–H and O–H groups in total. The van der Waals surface area contributed by atoms with Gasteiger partial charge in [0.05, 0.1) is 0 Å². The van der Waals surface area contributed by atoms with Gasteiger partial charge in [0, 0.05) is 6.54 Å². The van der Waals surface area contributed by atoms with E-state index >= 15 is 0 Å². The minimum Gasteiger partial charge on any atom is -0.489 e. The molecule has 0 aliphatic heterocycles. The number of hydrogen-bond acceptors (Lipinski definition) is 3. The number of hydrogen-bond donors (Lipinski definition) is 0. The van der Waals surface area contributed by atoms with E-state index in [-0.39, 0.29) is 0 Å². The van der Waals surface area contributed by atoms with Gasteiger partial charge in [0.15, 0.2) is 10.9 Å². The van der Waals surface area contributed by atoms with Crippen molar-refractivity contribution in [3.8, 4) is 5.75 Å². The highest BCUT2D eigenvalue weighted by molar-refractivity contribution is 14.1. The second-order valence-electron chi connectivity index (χ2n) is 3.30. The van der Waals surface area contributed by atoms with E-state index in [1.165, 1.54) is 0 Å². The summed E-state index contributed by atoms with van der Waals surface area (Å²) in [6, 6.07) is 3.75. The number of pyridine rings is 1. The Labute approximate surface area is 115 Å². The molecule has 3 nitrogen and oxygen atoms in total. The van der Waals surface area contributed by atoms with Crippen LogP contribution in [0.3, 0.4) is 0 Å². The maximum atomic E-state index is 5.96. The summed E-state index contributed by atoms with van der Waals surface area (Å²) < 4.78 is 6.46. The Bertz CT molecular complexity index is 332. The van der Waals surface area contributed by atoms with Crippen LogP contribution in [0.25, 0.3) is 0 Å². The van der Waals surface area contributed by atoms with Crippen LogP contribution in [-0.4, -0.2) is 36.1 Å².